The minimum absolute atomic E-state index is 0.0283. The molecule has 1 atom stereocenters. The molecule has 0 radical (unpaired) electrons. The van der Waals surface area contributed by atoms with Gasteiger partial charge in [0.1, 0.15) is 0 Å². The first-order valence-electron chi connectivity index (χ1n) is 6.45. The van der Waals surface area contributed by atoms with Crippen molar-refractivity contribution in [3.05, 3.63) is 35.4 Å². The van der Waals surface area contributed by atoms with E-state index < -0.39 is 5.91 Å². The van der Waals surface area contributed by atoms with Crippen molar-refractivity contribution in [1.82, 2.24) is 10.2 Å². The summed E-state index contributed by atoms with van der Waals surface area (Å²) < 4.78 is 0. The van der Waals surface area contributed by atoms with Gasteiger partial charge in [0.05, 0.1) is 6.54 Å². The van der Waals surface area contributed by atoms with Crippen LogP contribution in [0, 0.1) is 6.92 Å². The normalized spacial score (nSPS) is 18.3. The molecular formula is C14H19N3O2. The molecule has 1 fully saturated rings. The Labute approximate surface area is 112 Å². The van der Waals surface area contributed by atoms with Crippen LogP contribution in [0.25, 0.3) is 0 Å². The maximum atomic E-state index is 12.6. The van der Waals surface area contributed by atoms with Gasteiger partial charge in [-0.05, 0) is 31.5 Å². The summed E-state index contributed by atoms with van der Waals surface area (Å²) in [6.07, 6.45) is 0.852. The summed E-state index contributed by atoms with van der Waals surface area (Å²) in [7, 11) is 0. The van der Waals surface area contributed by atoms with Gasteiger partial charge in [-0.15, -0.1) is 0 Å². The fourth-order valence-electron chi connectivity index (χ4n) is 2.41. The lowest BCUT2D eigenvalue weighted by Crippen LogP contribution is -2.46. The quantitative estimate of drug-likeness (QED) is 0.817. The number of amides is 2. The molecule has 2 rings (SSSR count). The van der Waals surface area contributed by atoms with Crippen molar-refractivity contribution < 1.29 is 9.59 Å². The smallest absolute Gasteiger partial charge is 0.254 e. The molecular weight excluding hydrogens is 242 g/mol. The maximum Gasteiger partial charge on any atom is 0.254 e. The van der Waals surface area contributed by atoms with E-state index in [0.717, 1.165) is 18.5 Å². The van der Waals surface area contributed by atoms with E-state index in [0.29, 0.717) is 12.1 Å². The number of aryl methyl sites for hydroxylation is 1. The topological polar surface area (TPSA) is 75.4 Å². The van der Waals surface area contributed by atoms with Gasteiger partial charge in [-0.25, -0.2) is 0 Å². The van der Waals surface area contributed by atoms with Crippen LogP contribution in [0.3, 0.4) is 0 Å². The number of carbonyl (C=O) groups is 2. The Balaban J connectivity index is 2.24. The molecule has 0 aromatic heterocycles. The number of hydrogen-bond acceptors (Lipinski definition) is 3. The molecule has 1 aliphatic rings. The van der Waals surface area contributed by atoms with Gasteiger partial charge in [-0.1, -0.05) is 18.2 Å². The molecule has 5 heteroatoms. The molecule has 5 nitrogen and oxygen atoms in total. The number of nitrogens with zero attached hydrogens (tertiary/aromatic N) is 1. The second kappa shape index (κ2) is 5.84. The molecule has 1 saturated heterocycles. The van der Waals surface area contributed by atoms with Gasteiger partial charge in [0.25, 0.3) is 5.91 Å². The van der Waals surface area contributed by atoms with Crippen molar-refractivity contribution in [3.8, 4) is 0 Å². The summed E-state index contributed by atoms with van der Waals surface area (Å²) >= 11 is 0. The van der Waals surface area contributed by atoms with Gasteiger partial charge in [-0.3, -0.25) is 9.59 Å². The maximum absolute atomic E-state index is 12.6. The van der Waals surface area contributed by atoms with Crippen LogP contribution in [0.15, 0.2) is 24.3 Å². The minimum Gasteiger partial charge on any atom is -0.368 e. The molecule has 2 amide bonds. The third kappa shape index (κ3) is 3.12. The van der Waals surface area contributed by atoms with E-state index in [9.17, 15) is 9.59 Å². The summed E-state index contributed by atoms with van der Waals surface area (Å²) in [6.45, 7) is 3.44. The number of nitrogens with one attached hydrogen (secondary N) is 1. The Kier molecular flexibility index (Phi) is 4.16. The summed E-state index contributed by atoms with van der Waals surface area (Å²) in [5, 5.41) is 3.20. The monoisotopic (exact) mass is 261 g/mol. The number of hydrogen-bond donors (Lipinski definition) is 2. The highest BCUT2D eigenvalue weighted by molar-refractivity contribution is 5.97. The fraction of sp³-hybridized carbons (Fsp3) is 0.429. The molecule has 1 aromatic carbocycles. The summed E-state index contributed by atoms with van der Waals surface area (Å²) in [6, 6.07) is 7.44. The molecule has 3 N–H and O–H groups in total. The Morgan fingerprint density at radius 3 is 2.74 bits per heavy atom. The molecule has 0 spiro atoms. The molecule has 1 aromatic rings. The average Bonchev–Trinajstić information content (AvgIpc) is 2.89. The molecule has 102 valence electrons. The lowest BCUT2D eigenvalue weighted by atomic mass is 10.1. The van der Waals surface area contributed by atoms with Crippen LogP contribution in [0.5, 0.6) is 0 Å². The number of nitrogens with two attached hydrogens (primary N) is 1. The highest BCUT2D eigenvalue weighted by Gasteiger charge is 2.28. The standard InChI is InChI=1S/C14H19N3O2/c1-10-4-2-3-5-12(10)14(19)17(9-13(15)18)11-6-7-16-8-11/h2-5,11,16H,6-9H2,1H3,(H2,15,18). The lowest BCUT2D eigenvalue weighted by molar-refractivity contribution is -0.119. The van der Waals surface area contributed by atoms with Crippen LogP contribution in [-0.4, -0.2) is 42.4 Å². The van der Waals surface area contributed by atoms with Crippen molar-refractivity contribution in [1.29, 1.82) is 0 Å². The average molecular weight is 261 g/mol. The van der Waals surface area contributed by atoms with Crippen LogP contribution in [0.1, 0.15) is 22.3 Å². The number of carbonyl (C=O) groups excluding carboxylic acids is 2. The van der Waals surface area contributed by atoms with E-state index in [1.54, 1.807) is 11.0 Å². The van der Waals surface area contributed by atoms with Crippen LogP contribution in [0.4, 0.5) is 0 Å². The summed E-state index contributed by atoms with van der Waals surface area (Å²) in [5.74, 6) is -0.598. The Morgan fingerprint density at radius 2 is 2.16 bits per heavy atom. The van der Waals surface area contributed by atoms with Gasteiger partial charge >= 0.3 is 0 Å². The van der Waals surface area contributed by atoms with Gasteiger partial charge in [-0.2, -0.15) is 0 Å². The van der Waals surface area contributed by atoms with Gasteiger partial charge in [0.15, 0.2) is 0 Å². The molecule has 0 aliphatic carbocycles. The summed E-state index contributed by atoms with van der Waals surface area (Å²) in [5.41, 5.74) is 6.81. The first-order chi connectivity index (χ1) is 9.09. The van der Waals surface area contributed by atoms with Crippen molar-refractivity contribution in [3.63, 3.8) is 0 Å². The second-order valence-corrected chi connectivity index (χ2v) is 4.86. The Bertz CT molecular complexity index is 481. The Morgan fingerprint density at radius 1 is 1.42 bits per heavy atom. The number of rotatable bonds is 4. The molecule has 1 aliphatic heterocycles. The van der Waals surface area contributed by atoms with Crippen molar-refractivity contribution in [2.45, 2.75) is 19.4 Å². The van der Waals surface area contributed by atoms with Crippen molar-refractivity contribution in [2.24, 2.45) is 5.73 Å². The third-order valence-corrected chi connectivity index (χ3v) is 3.44. The molecule has 1 unspecified atom stereocenters. The first-order valence-corrected chi connectivity index (χ1v) is 6.45. The van der Waals surface area contributed by atoms with Gasteiger partial charge in [0.2, 0.25) is 5.91 Å². The van der Waals surface area contributed by atoms with E-state index in [1.807, 2.05) is 25.1 Å². The van der Waals surface area contributed by atoms with Crippen LogP contribution in [-0.2, 0) is 4.79 Å². The highest BCUT2D eigenvalue weighted by Crippen LogP contribution is 2.15. The van der Waals surface area contributed by atoms with Gasteiger partial charge < -0.3 is 16.0 Å². The van der Waals surface area contributed by atoms with Crippen LogP contribution >= 0.6 is 0 Å². The minimum atomic E-state index is -0.478. The largest absolute Gasteiger partial charge is 0.368 e. The number of primary amides is 1. The SMILES string of the molecule is Cc1ccccc1C(=O)N(CC(N)=O)C1CCNC1. The van der Waals surface area contributed by atoms with E-state index >= 15 is 0 Å². The predicted octanol–water partition coefficient (Wildman–Crippen LogP) is 0.284. The van der Waals surface area contributed by atoms with Crippen LogP contribution < -0.4 is 11.1 Å². The van der Waals surface area contributed by atoms with Crippen molar-refractivity contribution >= 4 is 11.8 Å². The van der Waals surface area contributed by atoms with E-state index in [1.165, 1.54) is 0 Å². The lowest BCUT2D eigenvalue weighted by Gasteiger charge is -2.27. The third-order valence-electron chi connectivity index (χ3n) is 3.44. The predicted molar refractivity (Wildman–Crippen MR) is 72.7 cm³/mol. The second-order valence-electron chi connectivity index (χ2n) is 4.86. The highest BCUT2D eigenvalue weighted by atomic mass is 16.2. The summed E-state index contributed by atoms with van der Waals surface area (Å²) in [4.78, 5) is 25.4. The zero-order valence-corrected chi connectivity index (χ0v) is 11.1. The fourth-order valence-corrected chi connectivity index (χ4v) is 2.41. The van der Waals surface area contributed by atoms with Crippen LogP contribution in [0.2, 0.25) is 0 Å². The number of benzene rings is 1. The van der Waals surface area contributed by atoms with E-state index in [4.69, 9.17) is 5.73 Å². The zero-order valence-electron chi connectivity index (χ0n) is 11.1. The molecule has 19 heavy (non-hydrogen) atoms. The Hall–Kier alpha value is -1.88. The van der Waals surface area contributed by atoms with E-state index in [-0.39, 0.29) is 18.5 Å². The van der Waals surface area contributed by atoms with Crippen molar-refractivity contribution in [2.75, 3.05) is 19.6 Å². The van der Waals surface area contributed by atoms with E-state index in [2.05, 4.69) is 5.32 Å². The van der Waals surface area contributed by atoms with Gasteiger partial charge in [0, 0.05) is 18.2 Å². The zero-order chi connectivity index (χ0) is 13.8. The molecule has 1 heterocycles. The molecule has 0 saturated carbocycles. The first kappa shape index (κ1) is 13.5. The molecule has 0 bridgehead atoms.